The van der Waals surface area contributed by atoms with Gasteiger partial charge >= 0.3 is 12.2 Å². The lowest BCUT2D eigenvalue weighted by molar-refractivity contribution is -0.000301. The summed E-state index contributed by atoms with van der Waals surface area (Å²) in [5, 5.41) is 0. The molecule has 0 unspecified atom stereocenters. The van der Waals surface area contributed by atoms with Crippen LogP contribution < -0.4 is 0 Å². The van der Waals surface area contributed by atoms with Gasteiger partial charge in [0.25, 0.3) is 0 Å². The molecule has 0 aliphatic carbocycles. The highest BCUT2D eigenvalue weighted by Crippen LogP contribution is 2.18. The molecular weight excluding hydrogens is 411 g/mol. The highest BCUT2D eigenvalue weighted by Gasteiger charge is 2.31. The van der Waals surface area contributed by atoms with Gasteiger partial charge in [-0.2, -0.15) is 0 Å². The Morgan fingerprint density at radius 2 is 1.57 bits per heavy atom. The molecule has 128 valence electrons. The average Bonchev–Trinajstić information content (AvgIpc) is 2.33. The van der Waals surface area contributed by atoms with Gasteiger partial charge in [0.15, 0.2) is 0 Å². The third kappa shape index (κ3) is 7.15. The van der Waals surface area contributed by atoms with Crippen LogP contribution in [0.4, 0.5) is 9.59 Å². The van der Waals surface area contributed by atoms with Gasteiger partial charge in [-0.1, -0.05) is 6.07 Å². The predicted molar refractivity (Wildman–Crippen MR) is 95.0 cm³/mol. The summed E-state index contributed by atoms with van der Waals surface area (Å²) in [6.45, 7) is 10.5. The molecule has 1 heterocycles. The zero-order chi connectivity index (χ0) is 17.8. The third-order valence-electron chi connectivity index (χ3n) is 2.39. The molecular formula is C16H23IN2O4. The molecule has 1 rings (SSSR count). The van der Waals surface area contributed by atoms with Crippen LogP contribution in [0.25, 0.3) is 0 Å². The van der Waals surface area contributed by atoms with E-state index in [1.165, 1.54) is 0 Å². The molecule has 7 heteroatoms. The van der Waals surface area contributed by atoms with Crippen molar-refractivity contribution in [1.82, 2.24) is 9.88 Å². The summed E-state index contributed by atoms with van der Waals surface area (Å²) < 4.78 is 11.3. The average molecular weight is 434 g/mol. The quantitative estimate of drug-likeness (QED) is 0.511. The van der Waals surface area contributed by atoms with Crippen LogP contribution in [0.3, 0.4) is 0 Å². The largest absolute Gasteiger partial charge is 0.443 e. The van der Waals surface area contributed by atoms with E-state index in [9.17, 15) is 9.59 Å². The number of imide groups is 1. The fourth-order valence-electron chi connectivity index (χ4n) is 1.55. The Morgan fingerprint density at radius 3 is 1.96 bits per heavy atom. The maximum Gasteiger partial charge on any atom is 0.420 e. The number of rotatable bonds is 2. The van der Waals surface area contributed by atoms with Gasteiger partial charge in [0, 0.05) is 11.8 Å². The van der Waals surface area contributed by atoms with Gasteiger partial charge in [0.05, 0.1) is 6.54 Å². The Morgan fingerprint density at radius 1 is 1.09 bits per heavy atom. The van der Waals surface area contributed by atoms with E-state index in [4.69, 9.17) is 9.47 Å². The van der Waals surface area contributed by atoms with E-state index in [0.717, 1.165) is 10.5 Å². The van der Waals surface area contributed by atoms with Crippen molar-refractivity contribution in [2.24, 2.45) is 0 Å². The van der Waals surface area contributed by atoms with E-state index in [1.807, 2.05) is 0 Å². The highest BCUT2D eigenvalue weighted by atomic mass is 127. The van der Waals surface area contributed by atoms with Crippen LogP contribution in [0, 0.1) is 3.70 Å². The minimum absolute atomic E-state index is 0.0376. The fourth-order valence-corrected chi connectivity index (χ4v) is 2.06. The monoisotopic (exact) mass is 434 g/mol. The van der Waals surface area contributed by atoms with Gasteiger partial charge in [-0.05, 0) is 70.2 Å². The number of hydrogen-bond donors (Lipinski definition) is 0. The molecule has 0 atom stereocenters. The van der Waals surface area contributed by atoms with Crippen molar-refractivity contribution in [2.75, 3.05) is 0 Å². The molecule has 6 nitrogen and oxygen atoms in total. The van der Waals surface area contributed by atoms with Gasteiger partial charge in [-0.3, -0.25) is 0 Å². The summed E-state index contributed by atoms with van der Waals surface area (Å²) in [5.41, 5.74) is -0.677. The first kappa shape index (κ1) is 19.7. The number of aromatic nitrogens is 1. The summed E-state index contributed by atoms with van der Waals surface area (Å²) >= 11 is 2.06. The standard InChI is InChI=1S/C16H23IN2O4/c1-15(2,3)22-13(20)19(14(21)23-16(4,5)6)10-11-8-7-9-18-12(11)17/h7-9H,10H2,1-6H3. The topological polar surface area (TPSA) is 68.7 Å². The minimum Gasteiger partial charge on any atom is -0.443 e. The number of pyridine rings is 1. The lowest BCUT2D eigenvalue weighted by Gasteiger charge is -2.28. The van der Waals surface area contributed by atoms with Crippen molar-refractivity contribution >= 4 is 34.8 Å². The van der Waals surface area contributed by atoms with Crippen LogP contribution in [0.15, 0.2) is 18.3 Å². The molecule has 2 amide bonds. The number of carbonyl (C=O) groups excluding carboxylic acids is 2. The molecule has 0 aliphatic heterocycles. The first-order valence-electron chi connectivity index (χ1n) is 7.22. The number of ether oxygens (including phenoxy) is 2. The summed E-state index contributed by atoms with van der Waals surface area (Å²) in [7, 11) is 0. The fraction of sp³-hybridized carbons (Fsp3) is 0.562. The smallest absolute Gasteiger partial charge is 0.420 e. The second kappa shape index (κ2) is 7.46. The summed E-state index contributed by atoms with van der Waals surface area (Å²) in [4.78, 5) is 29.9. The first-order valence-corrected chi connectivity index (χ1v) is 8.30. The maximum atomic E-state index is 12.4. The Hall–Kier alpha value is -1.38. The van der Waals surface area contributed by atoms with E-state index < -0.39 is 23.4 Å². The van der Waals surface area contributed by atoms with Crippen molar-refractivity contribution in [3.63, 3.8) is 0 Å². The summed E-state index contributed by atoms with van der Waals surface area (Å²) in [6.07, 6.45) is 0.161. The summed E-state index contributed by atoms with van der Waals surface area (Å²) in [6, 6.07) is 3.55. The molecule has 0 N–H and O–H groups in total. The molecule has 0 bridgehead atoms. The Balaban J connectivity index is 3.03. The van der Waals surface area contributed by atoms with Gasteiger partial charge in [0.2, 0.25) is 0 Å². The molecule has 1 aromatic heterocycles. The van der Waals surface area contributed by atoms with Gasteiger partial charge in [0.1, 0.15) is 14.9 Å². The number of amides is 2. The van der Waals surface area contributed by atoms with E-state index in [-0.39, 0.29) is 6.54 Å². The maximum absolute atomic E-state index is 12.4. The molecule has 23 heavy (non-hydrogen) atoms. The molecule has 0 spiro atoms. The van der Waals surface area contributed by atoms with E-state index in [0.29, 0.717) is 3.70 Å². The highest BCUT2D eigenvalue weighted by molar-refractivity contribution is 14.1. The lowest BCUT2D eigenvalue weighted by Crippen LogP contribution is -2.43. The third-order valence-corrected chi connectivity index (χ3v) is 3.36. The van der Waals surface area contributed by atoms with Gasteiger partial charge < -0.3 is 9.47 Å². The van der Waals surface area contributed by atoms with Crippen molar-refractivity contribution in [1.29, 1.82) is 0 Å². The van der Waals surface area contributed by atoms with Crippen molar-refractivity contribution in [3.05, 3.63) is 27.6 Å². The number of hydrogen-bond acceptors (Lipinski definition) is 5. The molecule has 0 aliphatic rings. The Kier molecular flexibility index (Phi) is 6.38. The molecule has 0 radical (unpaired) electrons. The second-order valence-electron chi connectivity index (χ2n) is 7.00. The van der Waals surface area contributed by atoms with Crippen molar-refractivity contribution in [2.45, 2.75) is 59.3 Å². The van der Waals surface area contributed by atoms with Crippen molar-refractivity contribution < 1.29 is 19.1 Å². The SMILES string of the molecule is CC(C)(C)OC(=O)N(Cc1cccnc1I)C(=O)OC(C)(C)C. The lowest BCUT2D eigenvalue weighted by atomic mass is 10.2. The van der Waals surface area contributed by atoms with Crippen LogP contribution >= 0.6 is 22.6 Å². The second-order valence-corrected chi connectivity index (χ2v) is 8.02. The Bertz CT molecular complexity index is 548. The minimum atomic E-state index is -0.744. The van der Waals surface area contributed by atoms with E-state index in [2.05, 4.69) is 27.6 Å². The molecule has 0 saturated heterocycles. The van der Waals surface area contributed by atoms with Crippen LogP contribution in [-0.4, -0.2) is 33.3 Å². The van der Waals surface area contributed by atoms with Gasteiger partial charge in [-0.25, -0.2) is 19.5 Å². The predicted octanol–water partition coefficient (Wildman–Crippen LogP) is 4.36. The number of halogens is 1. The molecule has 0 aromatic carbocycles. The number of carbonyl (C=O) groups is 2. The number of nitrogens with zero attached hydrogens (tertiary/aromatic N) is 2. The van der Waals surface area contributed by atoms with Crippen LogP contribution in [0.2, 0.25) is 0 Å². The van der Waals surface area contributed by atoms with Crippen molar-refractivity contribution in [3.8, 4) is 0 Å². The zero-order valence-corrected chi connectivity index (χ0v) is 16.5. The van der Waals surface area contributed by atoms with Gasteiger partial charge in [-0.15, -0.1) is 0 Å². The Labute approximate surface area is 150 Å². The van der Waals surface area contributed by atoms with Crippen LogP contribution in [0.5, 0.6) is 0 Å². The first-order chi connectivity index (χ1) is 10.4. The molecule has 0 fully saturated rings. The van der Waals surface area contributed by atoms with Crippen LogP contribution in [0.1, 0.15) is 47.1 Å². The van der Waals surface area contributed by atoms with E-state index in [1.54, 1.807) is 59.9 Å². The zero-order valence-electron chi connectivity index (χ0n) is 14.3. The summed E-state index contributed by atoms with van der Waals surface area (Å²) in [5.74, 6) is 0. The molecule has 0 saturated carbocycles. The van der Waals surface area contributed by atoms with E-state index >= 15 is 0 Å². The van der Waals surface area contributed by atoms with Crippen LogP contribution in [-0.2, 0) is 16.0 Å². The normalized spacial score (nSPS) is 11.8. The molecule has 1 aromatic rings.